The molecule has 18 heavy (non-hydrogen) atoms. The number of halogens is 2. The number of amides is 1. The molecule has 0 fully saturated rings. The summed E-state index contributed by atoms with van der Waals surface area (Å²) in [6.07, 6.45) is 0.301. The third kappa shape index (κ3) is 3.40. The van der Waals surface area contributed by atoms with Gasteiger partial charge >= 0.3 is 0 Å². The predicted molar refractivity (Wildman–Crippen MR) is 72.9 cm³/mol. The highest BCUT2D eigenvalue weighted by molar-refractivity contribution is 9.10. The summed E-state index contributed by atoms with van der Waals surface area (Å²) in [5, 5.41) is 2.72. The highest BCUT2D eigenvalue weighted by Crippen LogP contribution is 2.20. The molecule has 0 bridgehead atoms. The highest BCUT2D eigenvalue weighted by atomic mass is 79.9. The fourth-order valence-corrected chi connectivity index (χ4v) is 1.94. The van der Waals surface area contributed by atoms with Gasteiger partial charge in [0.05, 0.1) is 10.9 Å². The number of benzene rings is 2. The van der Waals surface area contributed by atoms with E-state index in [0.29, 0.717) is 16.6 Å². The van der Waals surface area contributed by atoms with Gasteiger partial charge in [0.1, 0.15) is 5.82 Å². The Balaban J connectivity index is 2.01. The van der Waals surface area contributed by atoms with Crippen LogP contribution in [0.25, 0.3) is 0 Å². The lowest BCUT2D eigenvalue weighted by atomic mass is 10.1. The molecule has 0 aliphatic rings. The molecule has 1 N–H and O–H groups in total. The van der Waals surface area contributed by atoms with E-state index >= 15 is 0 Å². The molecule has 2 rings (SSSR count). The Morgan fingerprint density at radius 1 is 1.17 bits per heavy atom. The zero-order valence-electron chi connectivity index (χ0n) is 9.49. The van der Waals surface area contributed by atoms with E-state index in [-0.39, 0.29) is 11.7 Å². The average molecular weight is 308 g/mol. The standard InChI is InChI=1S/C14H11BrFNO/c15-12-9-11(6-7-13(12)16)17-14(18)8-10-4-2-1-3-5-10/h1-7,9H,8H2,(H,17,18). The molecule has 0 atom stereocenters. The van der Waals surface area contributed by atoms with Crippen molar-refractivity contribution in [3.8, 4) is 0 Å². The lowest BCUT2D eigenvalue weighted by Gasteiger charge is -2.06. The number of hydrogen-bond donors (Lipinski definition) is 1. The van der Waals surface area contributed by atoms with E-state index in [1.165, 1.54) is 18.2 Å². The summed E-state index contributed by atoms with van der Waals surface area (Å²) in [6.45, 7) is 0. The molecule has 0 unspecified atom stereocenters. The van der Waals surface area contributed by atoms with Crippen molar-refractivity contribution in [2.45, 2.75) is 6.42 Å². The van der Waals surface area contributed by atoms with E-state index in [4.69, 9.17) is 0 Å². The van der Waals surface area contributed by atoms with Crippen molar-refractivity contribution in [3.05, 3.63) is 64.4 Å². The average Bonchev–Trinajstić information content (AvgIpc) is 2.35. The van der Waals surface area contributed by atoms with E-state index in [2.05, 4.69) is 21.2 Å². The molecule has 0 aromatic heterocycles. The number of hydrogen-bond acceptors (Lipinski definition) is 1. The first-order valence-electron chi connectivity index (χ1n) is 5.44. The van der Waals surface area contributed by atoms with Crippen LogP contribution in [0.15, 0.2) is 53.0 Å². The molecular weight excluding hydrogens is 297 g/mol. The van der Waals surface area contributed by atoms with Crippen LogP contribution in [0.1, 0.15) is 5.56 Å². The van der Waals surface area contributed by atoms with Gasteiger partial charge in [0.25, 0.3) is 0 Å². The summed E-state index contributed by atoms with van der Waals surface area (Å²) in [5.41, 5.74) is 1.51. The molecule has 0 saturated carbocycles. The van der Waals surface area contributed by atoms with Crippen LogP contribution < -0.4 is 5.32 Å². The van der Waals surface area contributed by atoms with Crippen LogP contribution >= 0.6 is 15.9 Å². The van der Waals surface area contributed by atoms with Gasteiger partial charge in [-0.05, 0) is 39.7 Å². The number of carbonyl (C=O) groups excluding carboxylic acids is 1. The van der Waals surface area contributed by atoms with Crippen LogP contribution in [0.2, 0.25) is 0 Å². The molecule has 4 heteroatoms. The Bertz CT molecular complexity index is 557. The minimum absolute atomic E-state index is 0.125. The van der Waals surface area contributed by atoms with Gasteiger partial charge < -0.3 is 5.32 Å². The van der Waals surface area contributed by atoms with Crippen LogP contribution in [0.3, 0.4) is 0 Å². The molecule has 2 aromatic carbocycles. The van der Waals surface area contributed by atoms with E-state index in [9.17, 15) is 9.18 Å². The van der Waals surface area contributed by atoms with Crippen LogP contribution in [-0.4, -0.2) is 5.91 Å². The van der Waals surface area contributed by atoms with Crippen molar-refractivity contribution in [2.75, 3.05) is 5.32 Å². The molecule has 2 aromatic rings. The van der Waals surface area contributed by atoms with Gasteiger partial charge in [-0.15, -0.1) is 0 Å². The van der Waals surface area contributed by atoms with Gasteiger partial charge in [0.15, 0.2) is 0 Å². The zero-order valence-corrected chi connectivity index (χ0v) is 11.1. The first kappa shape index (κ1) is 12.8. The molecule has 0 aliphatic carbocycles. The Hall–Kier alpha value is -1.68. The Kier molecular flexibility index (Phi) is 4.10. The monoisotopic (exact) mass is 307 g/mol. The van der Waals surface area contributed by atoms with Crippen molar-refractivity contribution >= 4 is 27.5 Å². The molecule has 1 amide bonds. The van der Waals surface area contributed by atoms with E-state index in [1.807, 2.05) is 30.3 Å². The van der Waals surface area contributed by atoms with Crippen molar-refractivity contribution in [1.82, 2.24) is 0 Å². The molecule has 2 nitrogen and oxygen atoms in total. The lowest BCUT2D eigenvalue weighted by molar-refractivity contribution is -0.115. The minimum Gasteiger partial charge on any atom is -0.326 e. The Morgan fingerprint density at radius 2 is 1.89 bits per heavy atom. The van der Waals surface area contributed by atoms with Gasteiger partial charge in [-0.25, -0.2) is 4.39 Å². The number of anilines is 1. The second kappa shape index (κ2) is 5.78. The molecule has 0 heterocycles. The molecule has 0 radical (unpaired) electrons. The molecular formula is C14H11BrFNO. The van der Waals surface area contributed by atoms with E-state index in [0.717, 1.165) is 5.56 Å². The summed E-state index contributed by atoms with van der Waals surface area (Å²) in [5.74, 6) is -0.476. The SMILES string of the molecule is O=C(Cc1ccccc1)Nc1ccc(F)c(Br)c1. The maximum absolute atomic E-state index is 13.0. The third-order valence-electron chi connectivity index (χ3n) is 2.41. The zero-order chi connectivity index (χ0) is 13.0. The Labute approximate surface area is 113 Å². The summed E-state index contributed by atoms with van der Waals surface area (Å²) in [7, 11) is 0. The van der Waals surface area contributed by atoms with Crippen molar-refractivity contribution in [2.24, 2.45) is 0 Å². The van der Waals surface area contributed by atoms with Crippen LogP contribution in [-0.2, 0) is 11.2 Å². The molecule has 0 aliphatic heterocycles. The van der Waals surface area contributed by atoms with Crippen molar-refractivity contribution < 1.29 is 9.18 Å². The topological polar surface area (TPSA) is 29.1 Å². The number of nitrogens with one attached hydrogen (secondary N) is 1. The van der Waals surface area contributed by atoms with Gasteiger partial charge in [-0.3, -0.25) is 4.79 Å². The lowest BCUT2D eigenvalue weighted by Crippen LogP contribution is -2.14. The smallest absolute Gasteiger partial charge is 0.228 e. The normalized spacial score (nSPS) is 10.1. The summed E-state index contributed by atoms with van der Waals surface area (Å²) < 4.78 is 13.4. The first-order chi connectivity index (χ1) is 8.65. The van der Waals surface area contributed by atoms with Gasteiger partial charge in [-0.1, -0.05) is 30.3 Å². The summed E-state index contributed by atoms with van der Waals surface area (Å²) in [4.78, 5) is 11.8. The largest absolute Gasteiger partial charge is 0.326 e. The van der Waals surface area contributed by atoms with Crippen LogP contribution in [0.5, 0.6) is 0 Å². The first-order valence-corrected chi connectivity index (χ1v) is 6.23. The fraction of sp³-hybridized carbons (Fsp3) is 0.0714. The highest BCUT2D eigenvalue weighted by Gasteiger charge is 2.05. The summed E-state index contributed by atoms with van der Waals surface area (Å²) >= 11 is 3.08. The quantitative estimate of drug-likeness (QED) is 0.919. The second-order valence-corrected chi connectivity index (χ2v) is 4.69. The van der Waals surface area contributed by atoms with Crippen LogP contribution in [0.4, 0.5) is 10.1 Å². The third-order valence-corrected chi connectivity index (χ3v) is 3.02. The van der Waals surface area contributed by atoms with Gasteiger partial charge in [0.2, 0.25) is 5.91 Å². The summed E-state index contributed by atoms with van der Waals surface area (Å²) in [6, 6.07) is 13.8. The molecule has 0 saturated heterocycles. The second-order valence-electron chi connectivity index (χ2n) is 3.84. The maximum Gasteiger partial charge on any atom is 0.228 e. The van der Waals surface area contributed by atoms with E-state index in [1.54, 1.807) is 0 Å². The Morgan fingerprint density at radius 3 is 2.56 bits per heavy atom. The van der Waals surface area contributed by atoms with E-state index < -0.39 is 0 Å². The van der Waals surface area contributed by atoms with Crippen molar-refractivity contribution in [1.29, 1.82) is 0 Å². The van der Waals surface area contributed by atoms with Crippen LogP contribution in [0, 0.1) is 5.82 Å². The maximum atomic E-state index is 13.0. The number of rotatable bonds is 3. The molecule has 92 valence electrons. The fourth-order valence-electron chi connectivity index (χ4n) is 1.56. The molecule has 0 spiro atoms. The number of carbonyl (C=O) groups is 1. The minimum atomic E-state index is -0.351. The van der Waals surface area contributed by atoms with Gasteiger partial charge in [-0.2, -0.15) is 0 Å². The van der Waals surface area contributed by atoms with Crippen molar-refractivity contribution in [3.63, 3.8) is 0 Å². The van der Waals surface area contributed by atoms with Gasteiger partial charge in [0, 0.05) is 5.69 Å². The predicted octanol–water partition coefficient (Wildman–Crippen LogP) is 3.77.